The first kappa shape index (κ1) is 21.8. The molecule has 166 valence electrons. The predicted molar refractivity (Wildman–Crippen MR) is 122 cm³/mol. The lowest BCUT2D eigenvalue weighted by atomic mass is 9.63. The lowest BCUT2D eigenvalue weighted by Gasteiger charge is -2.47. The van der Waals surface area contributed by atoms with Crippen LogP contribution in [0.25, 0.3) is 0 Å². The zero-order chi connectivity index (χ0) is 21.2. The fraction of sp³-hybridized carbons (Fsp3) is 0.731. The van der Waals surface area contributed by atoms with Crippen molar-refractivity contribution in [2.24, 2.45) is 11.3 Å². The van der Waals surface area contributed by atoms with E-state index in [4.69, 9.17) is 4.74 Å². The Morgan fingerprint density at radius 1 is 1.10 bits per heavy atom. The number of piperidine rings is 1. The molecule has 0 aromatic heterocycles. The van der Waals surface area contributed by atoms with Gasteiger partial charge in [-0.15, -0.1) is 0 Å². The van der Waals surface area contributed by atoms with Crippen LogP contribution in [0.5, 0.6) is 0 Å². The van der Waals surface area contributed by atoms with Crippen LogP contribution in [0.15, 0.2) is 24.3 Å². The van der Waals surface area contributed by atoms with Crippen LogP contribution in [0.2, 0.25) is 0 Å². The van der Waals surface area contributed by atoms with Crippen molar-refractivity contribution in [3.63, 3.8) is 0 Å². The Hall–Kier alpha value is -1.39. The van der Waals surface area contributed by atoms with E-state index < -0.39 is 0 Å². The van der Waals surface area contributed by atoms with E-state index in [1.165, 1.54) is 56.4 Å². The molecule has 3 aliphatic rings. The van der Waals surface area contributed by atoms with E-state index in [-0.39, 0.29) is 17.9 Å². The third-order valence-corrected chi connectivity index (χ3v) is 7.72. The summed E-state index contributed by atoms with van der Waals surface area (Å²) in [7, 11) is 0. The first-order valence-electron chi connectivity index (χ1n) is 12.1. The molecule has 0 saturated carbocycles. The Morgan fingerprint density at radius 2 is 1.80 bits per heavy atom. The number of hydrogen-bond acceptors (Lipinski definition) is 3. The summed E-state index contributed by atoms with van der Waals surface area (Å²) in [6.45, 7) is 12.1. The average Bonchev–Trinajstić information content (AvgIpc) is 2.76. The fourth-order valence-corrected chi connectivity index (χ4v) is 5.61. The highest BCUT2D eigenvalue weighted by Gasteiger charge is 2.42. The van der Waals surface area contributed by atoms with Crippen LogP contribution in [0.3, 0.4) is 0 Å². The van der Waals surface area contributed by atoms with Crippen molar-refractivity contribution in [1.29, 1.82) is 0 Å². The average molecular weight is 413 g/mol. The molecule has 2 saturated heterocycles. The van der Waals surface area contributed by atoms with E-state index in [0.29, 0.717) is 24.0 Å². The monoisotopic (exact) mass is 412 g/mol. The molecule has 30 heavy (non-hydrogen) atoms. The van der Waals surface area contributed by atoms with E-state index in [1.807, 2.05) is 0 Å². The van der Waals surface area contributed by atoms with Crippen molar-refractivity contribution in [3.8, 4) is 0 Å². The number of likely N-dealkylation sites (tertiary alicyclic amines) is 1. The number of nitrogens with zero attached hydrogens (tertiary/aromatic N) is 1. The van der Waals surface area contributed by atoms with Gasteiger partial charge in [0.15, 0.2) is 0 Å². The molecule has 4 nitrogen and oxygen atoms in total. The molecule has 1 aromatic carbocycles. The highest BCUT2D eigenvalue weighted by molar-refractivity contribution is 5.79. The Labute approximate surface area is 182 Å². The highest BCUT2D eigenvalue weighted by atomic mass is 16.5. The largest absolute Gasteiger partial charge is 0.381 e. The van der Waals surface area contributed by atoms with Gasteiger partial charge in [-0.1, -0.05) is 45.0 Å². The van der Waals surface area contributed by atoms with Crippen molar-refractivity contribution in [3.05, 3.63) is 35.4 Å². The molecule has 1 aliphatic carbocycles. The molecule has 1 amide bonds. The molecule has 1 N–H and O–H groups in total. The van der Waals surface area contributed by atoms with E-state index in [9.17, 15) is 4.79 Å². The summed E-state index contributed by atoms with van der Waals surface area (Å²) in [6.07, 6.45) is 7.72. The van der Waals surface area contributed by atoms with Crippen molar-refractivity contribution >= 4 is 5.91 Å². The quantitative estimate of drug-likeness (QED) is 0.770. The Balaban J connectivity index is 1.43. The number of benzene rings is 1. The van der Waals surface area contributed by atoms with Gasteiger partial charge in [0.1, 0.15) is 0 Å². The molecular weight excluding hydrogens is 372 g/mol. The molecule has 1 atom stereocenters. The van der Waals surface area contributed by atoms with Crippen molar-refractivity contribution in [2.45, 2.75) is 77.2 Å². The molecule has 2 aliphatic heterocycles. The fourth-order valence-electron chi connectivity index (χ4n) is 5.61. The summed E-state index contributed by atoms with van der Waals surface area (Å²) in [6, 6.07) is 9.10. The minimum Gasteiger partial charge on any atom is -0.381 e. The van der Waals surface area contributed by atoms with Crippen LogP contribution < -0.4 is 5.32 Å². The number of carbonyl (C=O) groups is 1. The van der Waals surface area contributed by atoms with Crippen molar-refractivity contribution in [2.75, 3.05) is 32.8 Å². The third-order valence-electron chi connectivity index (χ3n) is 7.72. The maximum Gasteiger partial charge on any atom is 0.223 e. The van der Waals surface area contributed by atoms with Crippen molar-refractivity contribution < 1.29 is 9.53 Å². The van der Waals surface area contributed by atoms with Gasteiger partial charge >= 0.3 is 0 Å². The molecule has 1 aromatic rings. The maximum atomic E-state index is 12.9. The number of nitrogens with one attached hydrogen (secondary N) is 1. The molecule has 4 heteroatoms. The van der Waals surface area contributed by atoms with Gasteiger partial charge in [-0.3, -0.25) is 4.79 Å². The van der Waals surface area contributed by atoms with Gasteiger partial charge in [0.05, 0.1) is 6.04 Å². The van der Waals surface area contributed by atoms with Crippen molar-refractivity contribution in [1.82, 2.24) is 10.2 Å². The van der Waals surface area contributed by atoms with Gasteiger partial charge in [0.25, 0.3) is 0 Å². The van der Waals surface area contributed by atoms with E-state index in [1.54, 1.807) is 0 Å². The molecule has 0 bridgehead atoms. The molecule has 0 unspecified atom stereocenters. The van der Waals surface area contributed by atoms with Crippen LogP contribution in [0.4, 0.5) is 0 Å². The van der Waals surface area contributed by atoms with Gasteiger partial charge in [-0.2, -0.15) is 0 Å². The number of amides is 1. The molecule has 1 spiro atoms. The number of hydrogen-bond donors (Lipinski definition) is 1. The summed E-state index contributed by atoms with van der Waals surface area (Å²) in [5.41, 5.74) is 3.58. The highest BCUT2D eigenvalue weighted by Crippen LogP contribution is 2.48. The van der Waals surface area contributed by atoms with E-state index in [2.05, 4.69) is 55.3 Å². The number of rotatable bonds is 4. The third kappa shape index (κ3) is 4.91. The summed E-state index contributed by atoms with van der Waals surface area (Å²) in [5, 5.41) is 3.41. The zero-order valence-electron chi connectivity index (χ0n) is 19.2. The standard InChI is InChI=1S/C26H40N2O2/c1-25(2,3)12-15-28-16-13-26(14-17-28)11-8-23(21-6-4-5-7-22(21)26)27-24(29)20-9-18-30-19-10-20/h4-7,20,23H,8-19H2,1-3H3,(H,27,29)/t23-/m1/s1. The summed E-state index contributed by atoms with van der Waals surface area (Å²) in [4.78, 5) is 15.5. The number of fused-ring (bicyclic) bond motifs is 2. The Morgan fingerprint density at radius 3 is 2.50 bits per heavy atom. The van der Waals surface area contributed by atoms with E-state index in [0.717, 1.165) is 19.3 Å². The second kappa shape index (κ2) is 9.00. The SMILES string of the molecule is CC(C)(C)CCN1CCC2(CC[C@@H](NC(=O)C3CCOCC3)c3ccccc32)CC1. The van der Waals surface area contributed by atoms with Crippen LogP contribution in [0, 0.1) is 11.3 Å². The molecule has 4 rings (SSSR count). The molecular formula is C26H40N2O2. The summed E-state index contributed by atoms with van der Waals surface area (Å²) >= 11 is 0. The molecule has 2 heterocycles. The second-order valence-corrected chi connectivity index (χ2v) is 11.0. The van der Waals surface area contributed by atoms with Gasteiger partial charge in [-0.05, 0) is 86.5 Å². The van der Waals surface area contributed by atoms with Gasteiger partial charge < -0.3 is 15.0 Å². The van der Waals surface area contributed by atoms with E-state index >= 15 is 0 Å². The van der Waals surface area contributed by atoms with Gasteiger partial charge in [-0.25, -0.2) is 0 Å². The minimum absolute atomic E-state index is 0.118. The van der Waals surface area contributed by atoms with Crippen LogP contribution in [-0.2, 0) is 14.9 Å². The first-order valence-corrected chi connectivity index (χ1v) is 12.1. The van der Waals surface area contributed by atoms with Gasteiger partial charge in [0.2, 0.25) is 5.91 Å². The number of carbonyl (C=O) groups excluding carboxylic acids is 1. The summed E-state index contributed by atoms with van der Waals surface area (Å²) < 4.78 is 5.43. The normalized spacial score (nSPS) is 25.1. The first-order chi connectivity index (χ1) is 14.4. The lowest BCUT2D eigenvalue weighted by Crippen LogP contribution is -2.47. The zero-order valence-corrected chi connectivity index (χ0v) is 19.2. The lowest BCUT2D eigenvalue weighted by molar-refractivity contribution is -0.128. The second-order valence-electron chi connectivity index (χ2n) is 11.0. The predicted octanol–water partition coefficient (Wildman–Crippen LogP) is 4.83. The minimum atomic E-state index is 0.118. The van der Waals surface area contributed by atoms with Crippen LogP contribution >= 0.6 is 0 Å². The van der Waals surface area contributed by atoms with Gasteiger partial charge in [0, 0.05) is 19.1 Å². The number of ether oxygens (including phenoxy) is 1. The Bertz CT molecular complexity index is 725. The Kier molecular flexibility index (Phi) is 6.55. The summed E-state index contributed by atoms with van der Waals surface area (Å²) in [5.74, 6) is 0.346. The molecule has 0 radical (unpaired) electrons. The molecule has 2 fully saturated rings. The smallest absolute Gasteiger partial charge is 0.223 e. The topological polar surface area (TPSA) is 41.6 Å². The van der Waals surface area contributed by atoms with Crippen LogP contribution in [-0.4, -0.2) is 43.7 Å². The van der Waals surface area contributed by atoms with Crippen LogP contribution in [0.1, 0.15) is 82.9 Å². The maximum absolute atomic E-state index is 12.9.